The molecular weight excluding hydrogens is 284 g/mol. The number of carbonyl (C=O) groups excluding carboxylic acids is 1. The maximum absolute atomic E-state index is 12.8. The van der Waals surface area contributed by atoms with Crippen LogP contribution in [0.25, 0.3) is 0 Å². The quantitative estimate of drug-likeness (QED) is 0.728. The molecule has 21 heavy (non-hydrogen) atoms. The van der Waals surface area contributed by atoms with Crippen LogP contribution in [-0.2, 0) is 0 Å². The predicted octanol–water partition coefficient (Wildman–Crippen LogP) is 4.98. The van der Waals surface area contributed by atoms with E-state index in [2.05, 4.69) is 0 Å². The van der Waals surface area contributed by atoms with E-state index < -0.39 is 0 Å². The molecule has 0 spiro atoms. The van der Waals surface area contributed by atoms with Crippen molar-refractivity contribution in [1.82, 2.24) is 0 Å². The number of carbonyl (C=O) groups is 1. The largest absolute Gasteiger partial charge is 0.493 e. The number of hydrogen-bond acceptors (Lipinski definition) is 2. The monoisotopic (exact) mass is 302 g/mol. The molecule has 110 valence electrons. The molecule has 3 heteroatoms. The summed E-state index contributed by atoms with van der Waals surface area (Å²) < 4.78 is 5.69. The Morgan fingerprint density at radius 2 is 1.86 bits per heavy atom. The van der Waals surface area contributed by atoms with Crippen molar-refractivity contribution in [3.8, 4) is 5.75 Å². The van der Waals surface area contributed by atoms with Gasteiger partial charge in [-0.05, 0) is 38.0 Å². The summed E-state index contributed by atoms with van der Waals surface area (Å²) in [6.45, 7) is 6.47. The van der Waals surface area contributed by atoms with Crippen LogP contribution >= 0.6 is 11.6 Å². The Morgan fingerprint density at radius 1 is 1.14 bits per heavy atom. The molecule has 2 rings (SSSR count). The van der Waals surface area contributed by atoms with E-state index in [0.29, 0.717) is 22.8 Å². The van der Waals surface area contributed by atoms with Gasteiger partial charge in [-0.2, -0.15) is 0 Å². The standard InChI is InChI=1S/C18H19ClO2/c1-4-11-21-16-10-9-15(19)17(13(16)3)18(20)14-8-6-5-7-12(14)2/h5-10H,4,11H2,1-3H3. The smallest absolute Gasteiger partial charge is 0.195 e. The Morgan fingerprint density at radius 3 is 2.52 bits per heavy atom. The van der Waals surface area contributed by atoms with Crippen molar-refractivity contribution in [2.45, 2.75) is 27.2 Å². The highest BCUT2D eigenvalue weighted by Gasteiger charge is 2.19. The zero-order chi connectivity index (χ0) is 15.4. The highest BCUT2D eigenvalue weighted by Crippen LogP contribution is 2.30. The van der Waals surface area contributed by atoms with Crippen molar-refractivity contribution in [3.05, 3.63) is 63.7 Å². The van der Waals surface area contributed by atoms with Crippen LogP contribution in [0.2, 0.25) is 5.02 Å². The Kier molecular flexibility index (Phi) is 5.03. The van der Waals surface area contributed by atoms with Gasteiger partial charge in [0.1, 0.15) is 5.75 Å². The maximum atomic E-state index is 12.8. The van der Waals surface area contributed by atoms with Gasteiger partial charge in [-0.15, -0.1) is 0 Å². The SMILES string of the molecule is CCCOc1ccc(Cl)c(C(=O)c2ccccc2C)c1C. The Balaban J connectivity index is 2.48. The highest BCUT2D eigenvalue weighted by molar-refractivity contribution is 6.35. The van der Waals surface area contributed by atoms with Gasteiger partial charge in [0.25, 0.3) is 0 Å². The lowest BCUT2D eigenvalue weighted by Crippen LogP contribution is -2.08. The molecule has 0 saturated heterocycles. The maximum Gasteiger partial charge on any atom is 0.195 e. The van der Waals surface area contributed by atoms with Crippen LogP contribution in [0.5, 0.6) is 5.75 Å². The summed E-state index contributed by atoms with van der Waals surface area (Å²) in [5, 5.41) is 0.463. The lowest BCUT2D eigenvalue weighted by Gasteiger charge is -2.14. The summed E-state index contributed by atoms with van der Waals surface area (Å²) in [5.41, 5.74) is 2.94. The molecule has 0 aromatic heterocycles. The average molecular weight is 303 g/mol. The molecule has 2 aromatic rings. The number of ketones is 1. The summed E-state index contributed by atoms with van der Waals surface area (Å²) in [6, 6.07) is 11.1. The second-order valence-corrected chi connectivity index (χ2v) is 5.45. The molecule has 0 aliphatic rings. The zero-order valence-corrected chi connectivity index (χ0v) is 13.3. The summed E-state index contributed by atoms with van der Waals surface area (Å²) in [6.07, 6.45) is 0.920. The van der Waals surface area contributed by atoms with Gasteiger partial charge < -0.3 is 4.74 Å². The van der Waals surface area contributed by atoms with Gasteiger partial charge in [0.15, 0.2) is 5.78 Å². The molecule has 0 fully saturated rings. The molecule has 0 aliphatic heterocycles. The topological polar surface area (TPSA) is 26.3 Å². The van der Waals surface area contributed by atoms with Crippen LogP contribution in [0.3, 0.4) is 0 Å². The summed E-state index contributed by atoms with van der Waals surface area (Å²) in [4.78, 5) is 12.8. The van der Waals surface area contributed by atoms with Gasteiger partial charge in [-0.3, -0.25) is 4.79 Å². The Bertz CT molecular complexity index is 662. The van der Waals surface area contributed by atoms with Crippen molar-refractivity contribution in [2.75, 3.05) is 6.61 Å². The van der Waals surface area contributed by atoms with E-state index >= 15 is 0 Å². The van der Waals surface area contributed by atoms with E-state index in [1.165, 1.54) is 0 Å². The number of aryl methyl sites for hydroxylation is 1. The van der Waals surface area contributed by atoms with E-state index in [1.807, 2.05) is 51.1 Å². The molecular formula is C18H19ClO2. The number of benzene rings is 2. The molecule has 0 N–H and O–H groups in total. The molecule has 0 unspecified atom stereocenters. The van der Waals surface area contributed by atoms with Gasteiger partial charge in [-0.1, -0.05) is 42.8 Å². The number of ether oxygens (including phenoxy) is 1. The first-order valence-electron chi connectivity index (χ1n) is 7.08. The molecule has 0 aliphatic carbocycles. The van der Waals surface area contributed by atoms with Gasteiger partial charge >= 0.3 is 0 Å². The molecule has 2 nitrogen and oxygen atoms in total. The fourth-order valence-electron chi connectivity index (χ4n) is 2.27. The first-order valence-corrected chi connectivity index (χ1v) is 7.46. The third-order valence-corrected chi connectivity index (χ3v) is 3.76. The fraction of sp³-hybridized carbons (Fsp3) is 0.278. The van der Waals surface area contributed by atoms with Crippen LogP contribution in [0.15, 0.2) is 36.4 Å². The van der Waals surface area contributed by atoms with E-state index in [4.69, 9.17) is 16.3 Å². The first kappa shape index (κ1) is 15.6. The molecule has 0 bridgehead atoms. The van der Waals surface area contributed by atoms with Gasteiger partial charge in [0, 0.05) is 16.7 Å². The lowest BCUT2D eigenvalue weighted by molar-refractivity contribution is 0.103. The van der Waals surface area contributed by atoms with Crippen LogP contribution in [0.4, 0.5) is 0 Å². The minimum Gasteiger partial charge on any atom is -0.493 e. The minimum absolute atomic E-state index is 0.0578. The van der Waals surface area contributed by atoms with Crippen molar-refractivity contribution >= 4 is 17.4 Å². The number of rotatable bonds is 5. The van der Waals surface area contributed by atoms with E-state index in [-0.39, 0.29) is 5.78 Å². The van der Waals surface area contributed by atoms with Gasteiger partial charge in [0.2, 0.25) is 0 Å². The highest BCUT2D eigenvalue weighted by atomic mass is 35.5. The molecule has 0 radical (unpaired) electrons. The molecule has 0 amide bonds. The molecule has 0 heterocycles. The second-order valence-electron chi connectivity index (χ2n) is 5.04. The number of hydrogen-bond donors (Lipinski definition) is 0. The van der Waals surface area contributed by atoms with Crippen molar-refractivity contribution in [2.24, 2.45) is 0 Å². The van der Waals surface area contributed by atoms with Crippen LogP contribution < -0.4 is 4.74 Å². The zero-order valence-electron chi connectivity index (χ0n) is 12.6. The van der Waals surface area contributed by atoms with E-state index in [9.17, 15) is 4.79 Å². The van der Waals surface area contributed by atoms with Crippen LogP contribution in [-0.4, -0.2) is 12.4 Å². The van der Waals surface area contributed by atoms with Crippen molar-refractivity contribution in [3.63, 3.8) is 0 Å². The Labute approximate surface area is 130 Å². The van der Waals surface area contributed by atoms with Crippen molar-refractivity contribution < 1.29 is 9.53 Å². The van der Waals surface area contributed by atoms with Crippen LogP contribution in [0.1, 0.15) is 40.4 Å². The third kappa shape index (κ3) is 3.27. The van der Waals surface area contributed by atoms with Crippen molar-refractivity contribution in [1.29, 1.82) is 0 Å². The third-order valence-electron chi connectivity index (χ3n) is 3.44. The lowest BCUT2D eigenvalue weighted by atomic mass is 9.95. The van der Waals surface area contributed by atoms with E-state index in [1.54, 1.807) is 6.07 Å². The predicted molar refractivity (Wildman–Crippen MR) is 86.6 cm³/mol. The normalized spacial score (nSPS) is 10.5. The van der Waals surface area contributed by atoms with E-state index in [0.717, 1.165) is 23.3 Å². The molecule has 2 aromatic carbocycles. The fourth-order valence-corrected chi connectivity index (χ4v) is 2.56. The average Bonchev–Trinajstić information content (AvgIpc) is 2.47. The summed E-state index contributed by atoms with van der Waals surface area (Å²) >= 11 is 6.26. The second kappa shape index (κ2) is 6.77. The minimum atomic E-state index is -0.0578. The summed E-state index contributed by atoms with van der Waals surface area (Å²) in [5.74, 6) is 0.663. The molecule has 0 saturated carbocycles. The number of halogens is 1. The van der Waals surface area contributed by atoms with Gasteiger partial charge in [-0.25, -0.2) is 0 Å². The Hall–Kier alpha value is -1.80. The first-order chi connectivity index (χ1) is 10.1. The van der Waals surface area contributed by atoms with Gasteiger partial charge in [0.05, 0.1) is 11.6 Å². The summed E-state index contributed by atoms with van der Waals surface area (Å²) in [7, 11) is 0. The molecule has 0 atom stereocenters. The van der Waals surface area contributed by atoms with Crippen LogP contribution in [0, 0.1) is 13.8 Å².